The fourth-order valence-electron chi connectivity index (χ4n) is 2.99. The Hall–Kier alpha value is -0.930. The SMILES string of the molecule is CC1CCCC(C(NN)c2cccc(F)c2)C1. The van der Waals surface area contributed by atoms with Crippen molar-refractivity contribution in [2.75, 3.05) is 0 Å². The fourth-order valence-corrected chi connectivity index (χ4v) is 2.99. The van der Waals surface area contributed by atoms with Gasteiger partial charge < -0.3 is 0 Å². The molecule has 3 unspecified atom stereocenters. The standard InChI is InChI=1S/C14H21FN2/c1-10-4-2-5-11(8-10)14(17-16)12-6-3-7-13(15)9-12/h3,6-7,9-11,14,17H,2,4-5,8,16H2,1H3. The van der Waals surface area contributed by atoms with Crippen molar-refractivity contribution < 1.29 is 4.39 Å². The van der Waals surface area contributed by atoms with Gasteiger partial charge >= 0.3 is 0 Å². The normalized spacial score (nSPS) is 26.8. The van der Waals surface area contributed by atoms with Gasteiger partial charge in [-0.3, -0.25) is 11.3 Å². The highest BCUT2D eigenvalue weighted by Gasteiger charge is 2.27. The van der Waals surface area contributed by atoms with Gasteiger partial charge in [0.15, 0.2) is 0 Å². The zero-order valence-corrected chi connectivity index (χ0v) is 10.3. The maximum atomic E-state index is 13.2. The van der Waals surface area contributed by atoms with Crippen LogP contribution in [0.5, 0.6) is 0 Å². The van der Waals surface area contributed by atoms with Crippen molar-refractivity contribution in [3.8, 4) is 0 Å². The molecule has 0 heterocycles. The molecule has 0 amide bonds. The van der Waals surface area contributed by atoms with Crippen LogP contribution in [-0.2, 0) is 0 Å². The third kappa shape index (κ3) is 3.05. The minimum absolute atomic E-state index is 0.0773. The summed E-state index contributed by atoms with van der Waals surface area (Å²) in [5.41, 5.74) is 3.83. The predicted molar refractivity (Wildman–Crippen MR) is 67.6 cm³/mol. The Balaban J connectivity index is 2.15. The monoisotopic (exact) mass is 236 g/mol. The molecule has 17 heavy (non-hydrogen) atoms. The summed E-state index contributed by atoms with van der Waals surface area (Å²) in [6.45, 7) is 2.28. The molecule has 2 nitrogen and oxygen atoms in total. The molecule has 3 atom stereocenters. The van der Waals surface area contributed by atoms with E-state index in [2.05, 4.69) is 12.3 Å². The van der Waals surface area contributed by atoms with Crippen LogP contribution in [0.4, 0.5) is 4.39 Å². The molecule has 1 aliphatic rings. The molecule has 1 saturated carbocycles. The average Bonchev–Trinajstić information content (AvgIpc) is 2.30. The molecule has 3 heteroatoms. The van der Waals surface area contributed by atoms with Gasteiger partial charge in [0.2, 0.25) is 0 Å². The van der Waals surface area contributed by atoms with Gasteiger partial charge in [-0.05, 0) is 42.4 Å². The van der Waals surface area contributed by atoms with E-state index >= 15 is 0 Å². The van der Waals surface area contributed by atoms with Crippen molar-refractivity contribution in [3.05, 3.63) is 35.6 Å². The van der Waals surface area contributed by atoms with Crippen LogP contribution in [0.15, 0.2) is 24.3 Å². The van der Waals surface area contributed by atoms with Crippen LogP contribution in [0.2, 0.25) is 0 Å². The summed E-state index contributed by atoms with van der Waals surface area (Å²) in [5.74, 6) is 6.74. The molecular formula is C14H21FN2. The quantitative estimate of drug-likeness (QED) is 0.625. The summed E-state index contributed by atoms with van der Waals surface area (Å²) in [7, 11) is 0. The number of hydrogen-bond acceptors (Lipinski definition) is 2. The van der Waals surface area contributed by atoms with Crippen molar-refractivity contribution in [1.29, 1.82) is 0 Å². The Labute approximate surface area is 102 Å². The first kappa shape index (κ1) is 12.5. The van der Waals surface area contributed by atoms with Gasteiger partial charge in [-0.1, -0.05) is 31.9 Å². The first-order chi connectivity index (χ1) is 8.20. The van der Waals surface area contributed by atoms with Crippen LogP contribution in [0.1, 0.15) is 44.2 Å². The topological polar surface area (TPSA) is 38.0 Å². The van der Waals surface area contributed by atoms with Gasteiger partial charge in [0.25, 0.3) is 0 Å². The highest BCUT2D eigenvalue weighted by atomic mass is 19.1. The molecule has 0 radical (unpaired) electrons. The molecule has 0 saturated heterocycles. The number of hydrazine groups is 1. The molecule has 1 aromatic carbocycles. The number of nitrogens with two attached hydrogens (primary N) is 1. The lowest BCUT2D eigenvalue weighted by atomic mass is 9.77. The first-order valence-corrected chi connectivity index (χ1v) is 6.42. The fraction of sp³-hybridized carbons (Fsp3) is 0.571. The van der Waals surface area contributed by atoms with E-state index in [1.807, 2.05) is 6.07 Å². The van der Waals surface area contributed by atoms with E-state index in [0.717, 1.165) is 11.5 Å². The Bertz CT molecular complexity index is 367. The summed E-state index contributed by atoms with van der Waals surface area (Å²) >= 11 is 0. The highest BCUT2D eigenvalue weighted by Crippen LogP contribution is 2.36. The number of hydrogen-bond donors (Lipinski definition) is 2. The van der Waals surface area contributed by atoms with E-state index in [-0.39, 0.29) is 11.9 Å². The van der Waals surface area contributed by atoms with Gasteiger partial charge in [0.1, 0.15) is 5.82 Å². The van der Waals surface area contributed by atoms with Crippen LogP contribution in [-0.4, -0.2) is 0 Å². The minimum atomic E-state index is -0.188. The van der Waals surface area contributed by atoms with Gasteiger partial charge in [0.05, 0.1) is 0 Å². The molecule has 2 rings (SSSR count). The Morgan fingerprint density at radius 2 is 2.24 bits per heavy atom. The number of rotatable bonds is 3. The van der Waals surface area contributed by atoms with Crippen molar-refractivity contribution >= 4 is 0 Å². The summed E-state index contributed by atoms with van der Waals surface area (Å²) in [4.78, 5) is 0. The zero-order valence-electron chi connectivity index (χ0n) is 10.3. The van der Waals surface area contributed by atoms with Gasteiger partial charge in [-0.2, -0.15) is 0 Å². The molecule has 0 aromatic heterocycles. The second-order valence-electron chi connectivity index (χ2n) is 5.23. The number of nitrogens with one attached hydrogen (secondary N) is 1. The van der Waals surface area contributed by atoms with Crippen molar-refractivity contribution in [3.63, 3.8) is 0 Å². The Morgan fingerprint density at radius 3 is 2.88 bits per heavy atom. The molecule has 1 aromatic rings. The lowest BCUT2D eigenvalue weighted by Crippen LogP contribution is -2.35. The first-order valence-electron chi connectivity index (χ1n) is 6.42. The van der Waals surface area contributed by atoms with E-state index < -0.39 is 0 Å². The van der Waals surface area contributed by atoms with Crippen LogP contribution in [0.3, 0.4) is 0 Å². The average molecular weight is 236 g/mol. The third-order valence-corrected chi connectivity index (χ3v) is 3.84. The maximum absolute atomic E-state index is 13.2. The van der Waals surface area contributed by atoms with Gasteiger partial charge in [-0.15, -0.1) is 0 Å². The van der Waals surface area contributed by atoms with Crippen LogP contribution >= 0.6 is 0 Å². The van der Waals surface area contributed by atoms with Crippen LogP contribution in [0.25, 0.3) is 0 Å². The Morgan fingerprint density at radius 1 is 1.41 bits per heavy atom. The molecule has 1 aliphatic carbocycles. The van der Waals surface area contributed by atoms with Gasteiger partial charge in [-0.25, -0.2) is 4.39 Å². The van der Waals surface area contributed by atoms with E-state index in [1.165, 1.54) is 31.7 Å². The molecule has 0 bridgehead atoms. The molecular weight excluding hydrogens is 215 g/mol. The van der Waals surface area contributed by atoms with E-state index in [0.29, 0.717) is 5.92 Å². The highest BCUT2D eigenvalue weighted by molar-refractivity contribution is 5.21. The van der Waals surface area contributed by atoms with E-state index in [9.17, 15) is 4.39 Å². The Kier molecular flexibility index (Phi) is 4.13. The third-order valence-electron chi connectivity index (χ3n) is 3.84. The van der Waals surface area contributed by atoms with Gasteiger partial charge in [0, 0.05) is 6.04 Å². The molecule has 3 N–H and O–H groups in total. The molecule has 0 spiro atoms. The molecule has 0 aliphatic heterocycles. The minimum Gasteiger partial charge on any atom is -0.271 e. The number of halogens is 1. The molecule has 1 fully saturated rings. The van der Waals surface area contributed by atoms with Crippen molar-refractivity contribution in [1.82, 2.24) is 5.43 Å². The summed E-state index contributed by atoms with van der Waals surface area (Å²) in [6, 6.07) is 6.84. The second-order valence-corrected chi connectivity index (χ2v) is 5.23. The van der Waals surface area contributed by atoms with Crippen molar-refractivity contribution in [2.24, 2.45) is 17.7 Å². The van der Waals surface area contributed by atoms with Crippen LogP contribution < -0.4 is 11.3 Å². The van der Waals surface area contributed by atoms with E-state index in [1.54, 1.807) is 12.1 Å². The largest absolute Gasteiger partial charge is 0.271 e. The summed E-state index contributed by atoms with van der Waals surface area (Å²) in [6.07, 6.45) is 4.90. The van der Waals surface area contributed by atoms with Crippen molar-refractivity contribution in [2.45, 2.75) is 38.6 Å². The summed E-state index contributed by atoms with van der Waals surface area (Å²) in [5, 5.41) is 0. The summed E-state index contributed by atoms with van der Waals surface area (Å²) < 4.78 is 13.2. The zero-order chi connectivity index (χ0) is 12.3. The lowest BCUT2D eigenvalue weighted by molar-refractivity contribution is 0.224. The lowest BCUT2D eigenvalue weighted by Gasteiger charge is -2.33. The predicted octanol–water partition coefficient (Wildman–Crippen LogP) is 3.16. The van der Waals surface area contributed by atoms with E-state index in [4.69, 9.17) is 5.84 Å². The number of benzene rings is 1. The maximum Gasteiger partial charge on any atom is 0.123 e. The van der Waals surface area contributed by atoms with Crippen LogP contribution in [0, 0.1) is 17.7 Å². The smallest absolute Gasteiger partial charge is 0.123 e. The molecule has 94 valence electrons. The second kappa shape index (κ2) is 5.61.